The van der Waals surface area contributed by atoms with E-state index in [-0.39, 0.29) is 18.1 Å². The van der Waals surface area contributed by atoms with E-state index in [1.807, 2.05) is 38.4 Å². The monoisotopic (exact) mass is 448 g/mol. The molecule has 0 aromatic carbocycles. The van der Waals surface area contributed by atoms with Gasteiger partial charge in [-0.05, 0) is 37.4 Å². The Balaban J connectivity index is 2.00. The molecule has 30 heavy (non-hydrogen) atoms. The zero-order chi connectivity index (χ0) is 22.1. The number of carbonyl (C=O) groups is 1. The Morgan fingerprint density at radius 2 is 2.13 bits per heavy atom. The quantitative estimate of drug-likeness (QED) is 0.376. The van der Waals surface area contributed by atoms with Gasteiger partial charge < -0.3 is 10.2 Å². The van der Waals surface area contributed by atoms with Crippen molar-refractivity contribution in [2.45, 2.75) is 51.9 Å². The van der Waals surface area contributed by atoms with Gasteiger partial charge in [-0.15, -0.1) is 0 Å². The summed E-state index contributed by atoms with van der Waals surface area (Å²) >= 11 is 1.08. The maximum atomic E-state index is 12.9. The smallest absolute Gasteiger partial charge is 0.308 e. The topological polar surface area (TPSA) is 50.2 Å². The molecule has 1 amide bonds. The number of hydrogen-bond acceptors (Lipinski definition) is 4. The molecule has 0 saturated heterocycles. The fourth-order valence-corrected chi connectivity index (χ4v) is 3.93. The number of carbonyl (C=O) groups excluding carboxylic acids is 1. The number of thioether (sulfide) groups is 1. The van der Waals surface area contributed by atoms with Gasteiger partial charge in [0.1, 0.15) is 0 Å². The number of anilines is 1. The maximum absolute atomic E-state index is 12.9. The van der Waals surface area contributed by atoms with Gasteiger partial charge in [-0.25, -0.2) is 22.2 Å². The molecule has 0 unspecified atom stereocenters. The highest BCUT2D eigenvalue weighted by molar-refractivity contribution is 7.99. The molecule has 168 valence electrons. The molecule has 0 spiro atoms. The van der Waals surface area contributed by atoms with E-state index in [0.717, 1.165) is 41.7 Å². The SMILES string of the molecule is CCCc1nn(C2=CC=CNC2)cc1N(CC)C(=O)CCSCCC(F)(F)C(F)F. The van der Waals surface area contributed by atoms with E-state index in [4.69, 9.17) is 0 Å². The fraction of sp³-hybridized carbons (Fsp3) is 0.600. The summed E-state index contributed by atoms with van der Waals surface area (Å²) < 4.78 is 52.0. The average Bonchev–Trinajstić information content (AvgIpc) is 3.13. The largest absolute Gasteiger partial charge is 0.385 e. The van der Waals surface area contributed by atoms with E-state index >= 15 is 0 Å². The molecular weight excluding hydrogens is 420 g/mol. The van der Waals surface area contributed by atoms with Crippen LogP contribution in [0.5, 0.6) is 0 Å². The number of allylic oxidation sites excluding steroid dienone is 2. The van der Waals surface area contributed by atoms with Gasteiger partial charge in [0.15, 0.2) is 0 Å². The Morgan fingerprint density at radius 1 is 1.37 bits per heavy atom. The number of nitrogens with zero attached hydrogens (tertiary/aromatic N) is 3. The molecule has 2 rings (SSSR count). The summed E-state index contributed by atoms with van der Waals surface area (Å²) in [4.78, 5) is 14.4. The lowest BCUT2D eigenvalue weighted by Gasteiger charge is -2.21. The summed E-state index contributed by atoms with van der Waals surface area (Å²) in [6, 6.07) is 0. The Bertz CT molecular complexity index is 764. The first-order chi connectivity index (χ1) is 14.3. The Hall–Kier alpha value is -1.97. The second kappa shape index (κ2) is 11.4. The van der Waals surface area contributed by atoms with Gasteiger partial charge in [0, 0.05) is 25.1 Å². The number of amides is 1. The summed E-state index contributed by atoms with van der Waals surface area (Å²) in [7, 11) is 0. The number of aryl methyl sites for hydroxylation is 1. The molecule has 0 bridgehead atoms. The van der Waals surface area contributed by atoms with Crippen molar-refractivity contribution < 1.29 is 22.4 Å². The number of rotatable bonds is 12. The van der Waals surface area contributed by atoms with E-state index < -0.39 is 18.8 Å². The number of hydrogen-bond donors (Lipinski definition) is 1. The molecule has 0 atom stereocenters. The lowest BCUT2D eigenvalue weighted by Crippen LogP contribution is -2.31. The van der Waals surface area contributed by atoms with Crippen molar-refractivity contribution in [3.05, 3.63) is 30.2 Å². The Morgan fingerprint density at radius 3 is 2.73 bits per heavy atom. The predicted molar refractivity (Wildman–Crippen MR) is 113 cm³/mol. The number of aromatic nitrogens is 2. The first-order valence-electron chi connectivity index (χ1n) is 10.0. The van der Waals surface area contributed by atoms with E-state index in [0.29, 0.717) is 18.8 Å². The van der Waals surface area contributed by atoms with Gasteiger partial charge in [0.2, 0.25) is 5.91 Å². The third-order valence-corrected chi connectivity index (χ3v) is 5.59. The molecule has 1 aliphatic rings. The molecule has 1 N–H and O–H groups in total. The molecule has 2 heterocycles. The van der Waals surface area contributed by atoms with Gasteiger partial charge in [-0.2, -0.15) is 16.9 Å². The van der Waals surface area contributed by atoms with Gasteiger partial charge in [0.25, 0.3) is 0 Å². The average molecular weight is 449 g/mol. The van der Waals surface area contributed by atoms with Crippen LogP contribution in [0.4, 0.5) is 23.2 Å². The van der Waals surface area contributed by atoms with Crippen molar-refractivity contribution in [3.8, 4) is 0 Å². The van der Waals surface area contributed by atoms with Crippen LogP contribution < -0.4 is 10.2 Å². The summed E-state index contributed by atoms with van der Waals surface area (Å²) in [6.07, 6.45) is 4.71. The maximum Gasteiger partial charge on any atom is 0.308 e. The van der Waals surface area contributed by atoms with Crippen molar-refractivity contribution in [3.63, 3.8) is 0 Å². The van der Waals surface area contributed by atoms with Crippen LogP contribution in [-0.4, -0.2) is 52.6 Å². The van der Waals surface area contributed by atoms with Crippen LogP contribution in [-0.2, 0) is 11.2 Å². The number of dihydropyridines is 1. The van der Waals surface area contributed by atoms with Crippen LogP contribution in [0.15, 0.2) is 24.5 Å². The number of alkyl halides is 4. The molecule has 1 aromatic rings. The highest BCUT2D eigenvalue weighted by atomic mass is 32.2. The molecule has 10 heteroatoms. The van der Waals surface area contributed by atoms with Crippen molar-refractivity contribution in [2.24, 2.45) is 0 Å². The summed E-state index contributed by atoms with van der Waals surface area (Å²) in [6.45, 7) is 4.98. The summed E-state index contributed by atoms with van der Waals surface area (Å²) in [5, 5.41) is 7.77. The fourth-order valence-electron chi connectivity index (χ4n) is 2.99. The third kappa shape index (κ3) is 6.52. The van der Waals surface area contributed by atoms with Crippen molar-refractivity contribution in [1.82, 2.24) is 15.1 Å². The Labute approximate surface area is 178 Å². The summed E-state index contributed by atoms with van der Waals surface area (Å²) in [5.41, 5.74) is 2.53. The van der Waals surface area contributed by atoms with E-state index in [1.54, 1.807) is 9.58 Å². The Kier molecular flexibility index (Phi) is 9.26. The summed E-state index contributed by atoms with van der Waals surface area (Å²) in [5.74, 6) is -3.94. The molecule has 1 aliphatic heterocycles. The van der Waals surface area contributed by atoms with Crippen molar-refractivity contribution >= 4 is 29.1 Å². The number of halogens is 4. The molecule has 0 aliphatic carbocycles. The standard InChI is InChI=1S/C20H28F4N4OS/c1-3-6-16-17(14-28(26-16)15-7-5-10-25-13-15)27(4-2)18(29)8-11-30-12-9-20(23,24)19(21)22/h5,7,10,14,19,25H,3-4,6,8-9,11-13H2,1-2H3. The first-order valence-corrected chi connectivity index (χ1v) is 11.2. The zero-order valence-electron chi connectivity index (χ0n) is 17.2. The lowest BCUT2D eigenvalue weighted by atomic mass is 10.2. The minimum absolute atomic E-state index is 0.121. The van der Waals surface area contributed by atoms with E-state index in [9.17, 15) is 22.4 Å². The normalized spacial score (nSPS) is 14.0. The zero-order valence-corrected chi connectivity index (χ0v) is 18.0. The van der Waals surface area contributed by atoms with Gasteiger partial charge >= 0.3 is 12.3 Å². The lowest BCUT2D eigenvalue weighted by molar-refractivity contribution is -0.129. The van der Waals surface area contributed by atoms with Crippen LogP contribution in [0.1, 0.15) is 38.8 Å². The van der Waals surface area contributed by atoms with Crippen LogP contribution in [0.25, 0.3) is 5.70 Å². The van der Waals surface area contributed by atoms with Gasteiger partial charge in [0.05, 0.1) is 29.8 Å². The van der Waals surface area contributed by atoms with Crippen LogP contribution >= 0.6 is 11.8 Å². The van der Waals surface area contributed by atoms with Gasteiger partial charge in [-0.1, -0.05) is 13.3 Å². The minimum Gasteiger partial charge on any atom is -0.385 e. The van der Waals surface area contributed by atoms with Crippen LogP contribution in [0.3, 0.4) is 0 Å². The molecule has 5 nitrogen and oxygen atoms in total. The molecule has 0 radical (unpaired) electrons. The van der Waals surface area contributed by atoms with Crippen LogP contribution in [0, 0.1) is 0 Å². The van der Waals surface area contributed by atoms with Crippen LogP contribution in [0.2, 0.25) is 0 Å². The van der Waals surface area contributed by atoms with Gasteiger partial charge in [-0.3, -0.25) is 4.79 Å². The predicted octanol–water partition coefficient (Wildman–Crippen LogP) is 4.56. The highest BCUT2D eigenvalue weighted by Gasteiger charge is 2.39. The van der Waals surface area contributed by atoms with Crippen molar-refractivity contribution in [2.75, 3.05) is 29.5 Å². The third-order valence-electron chi connectivity index (χ3n) is 4.60. The second-order valence-corrected chi connectivity index (χ2v) is 8.09. The minimum atomic E-state index is -3.98. The molecule has 1 aromatic heterocycles. The second-order valence-electron chi connectivity index (χ2n) is 6.87. The van der Waals surface area contributed by atoms with E-state index in [2.05, 4.69) is 10.4 Å². The number of nitrogens with one attached hydrogen (secondary N) is 1. The van der Waals surface area contributed by atoms with E-state index in [1.165, 1.54) is 0 Å². The highest BCUT2D eigenvalue weighted by Crippen LogP contribution is 2.29. The van der Waals surface area contributed by atoms with Crippen molar-refractivity contribution in [1.29, 1.82) is 0 Å². The first kappa shape index (κ1) is 24.3. The molecule has 0 saturated carbocycles. The molecule has 0 fully saturated rings. The molecular formula is C20H28F4N4OS.